The van der Waals surface area contributed by atoms with Crippen LogP contribution in [0.1, 0.15) is 53.9 Å². The van der Waals surface area contributed by atoms with Crippen molar-refractivity contribution in [3.8, 4) is 0 Å². The lowest BCUT2D eigenvalue weighted by atomic mass is 10.2. The zero-order valence-corrected chi connectivity index (χ0v) is 22.8. The molecule has 0 aromatic heterocycles. The number of piperazine rings is 1. The molecule has 0 radical (unpaired) electrons. The second kappa shape index (κ2) is 14.1. The van der Waals surface area contributed by atoms with E-state index in [1.807, 2.05) is 32.6 Å². The van der Waals surface area contributed by atoms with E-state index in [1.165, 1.54) is 0 Å². The Balaban J connectivity index is 0.00000512. The number of carbonyl (C=O) groups is 2. The van der Waals surface area contributed by atoms with Gasteiger partial charge in [0.2, 0.25) is 5.91 Å². The highest BCUT2D eigenvalue weighted by atomic mass is 127. The molecule has 0 aromatic rings. The van der Waals surface area contributed by atoms with Gasteiger partial charge in [-0.15, -0.1) is 24.0 Å². The van der Waals surface area contributed by atoms with E-state index in [0.29, 0.717) is 13.1 Å². The Morgan fingerprint density at radius 1 is 1.00 bits per heavy atom. The minimum atomic E-state index is -0.487. The number of amides is 2. The number of likely N-dealkylation sites (tertiary alicyclic amines) is 1. The van der Waals surface area contributed by atoms with Gasteiger partial charge in [0.1, 0.15) is 5.60 Å². The maximum absolute atomic E-state index is 12.7. The molecular weight excluding hydrogens is 523 g/mol. The minimum Gasteiger partial charge on any atom is -0.444 e. The Morgan fingerprint density at radius 3 is 2.19 bits per heavy atom. The molecule has 2 saturated heterocycles. The molecule has 10 heteroatoms. The van der Waals surface area contributed by atoms with Crippen LogP contribution in [-0.2, 0) is 9.53 Å². The van der Waals surface area contributed by atoms with Gasteiger partial charge in [-0.05, 0) is 53.9 Å². The first-order valence-corrected chi connectivity index (χ1v) is 11.7. The number of nitrogens with one attached hydrogen (secondary N) is 2. The SMILES string of the molecule is CCNC(=NCCCNC(=O)OC(C)(C)C)N1CCN(C(C)C(=O)N2CCCC2)CC1.I. The van der Waals surface area contributed by atoms with Crippen molar-refractivity contribution in [2.45, 2.75) is 65.5 Å². The molecule has 0 bridgehead atoms. The van der Waals surface area contributed by atoms with Gasteiger partial charge in [0.25, 0.3) is 0 Å². The maximum atomic E-state index is 12.7. The molecule has 2 rings (SSSR count). The van der Waals surface area contributed by atoms with Crippen molar-refractivity contribution in [2.24, 2.45) is 4.99 Å². The number of alkyl carbamates (subject to hydrolysis) is 1. The fraction of sp³-hybridized carbons (Fsp3) is 0.864. The van der Waals surface area contributed by atoms with Crippen molar-refractivity contribution in [1.29, 1.82) is 0 Å². The van der Waals surface area contributed by atoms with E-state index in [-0.39, 0.29) is 35.9 Å². The Hall–Kier alpha value is -1.30. The van der Waals surface area contributed by atoms with Gasteiger partial charge < -0.3 is 25.2 Å². The van der Waals surface area contributed by atoms with E-state index in [9.17, 15) is 9.59 Å². The van der Waals surface area contributed by atoms with Crippen LogP contribution in [0.2, 0.25) is 0 Å². The summed E-state index contributed by atoms with van der Waals surface area (Å²) in [5.41, 5.74) is -0.487. The molecule has 2 heterocycles. The van der Waals surface area contributed by atoms with Crippen molar-refractivity contribution in [2.75, 3.05) is 58.9 Å². The van der Waals surface area contributed by atoms with E-state index >= 15 is 0 Å². The standard InChI is InChI=1S/C22H42N6O3.HI/c1-6-23-20(24-10-9-11-25-21(30)31-22(3,4)5)28-16-14-26(15-17-28)18(2)19(29)27-12-7-8-13-27;/h18H,6-17H2,1-5H3,(H,23,24)(H,25,30);1H. The zero-order chi connectivity index (χ0) is 22.9. The summed E-state index contributed by atoms with van der Waals surface area (Å²) in [5, 5.41) is 6.13. The fourth-order valence-electron chi connectivity index (χ4n) is 3.87. The van der Waals surface area contributed by atoms with Crippen molar-refractivity contribution in [3.63, 3.8) is 0 Å². The highest BCUT2D eigenvalue weighted by molar-refractivity contribution is 14.0. The molecule has 2 aliphatic rings. The molecule has 0 spiro atoms. The predicted octanol–water partition coefficient (Wildman–Crippen LogP) is 2.11. The van der Waals surface area contributed by atoms with Gasteiger partial charge in [-0.3, -0.25) is 14.7 Å². The number of halogens is 1. The van der Waals surface area contributed by atoms with Crippen molar-refractivity contribution >= 4 is 41.9 Å². The number of nitrogens with zero attached hydrogens (tertiary/aromatic N) is 4. The summed E-state index contributed by atoms with van der Waals surface area (Å²) in [6.07, 6.45) is 2.61. The van der Waals surface area contributed by atoms with Crippen LogP contribution in [0.5, 0.6) is 0 Å². The van der Waals surface area contributed by atoms with Crippen LogP contribution in [-0.4, -0.2) is 103 Å². The molecule has 2 fully saturated rings. The summed E-state index contributed by atoms with van der Waals surface area (Å²) in [6.45, 7) is 16.8. The van der Waals surface area contributed by atoms with Gasteiger partial charge in [0, 0.05) is 58.9 Å². The molecule has 0 aromatic carbocycles. The normalized spacial score (nSPS) is 18.7. The fourth-order valence-corrected chi connectivity index (χ4v) is 3.87. The summed E-state index contributed by atoms with van der Waals surface area (Å²) < 4.78 is 5.24. The molecule has 2 N–H and O–H groups in total. The Kier molecular flexibility index (Phi) is 12.6. The molecule has 9 nitrogen and oxygen atoms in total. The van der Waals surface area contributed by atoms with Gasteiger partial charge in [-0.1, -0.05) is 0 Å². The third-order valence-electron chi connectivity index (χ3n) is 5.54. The van der Waals surface area contributed by atoms with Crippen LogP contribution in [0, 0.1) is 0 Å². The molecule has 32 heavy (non-hydrogen) atoms. The predicted molar refractivity (Wildman–Crippen MR) is 139 cm³/mol. The molecule has 186 valence electrons. The molecule has 2 aliphatic heterocycles. The van der Waals surface area contributed by atoms with E-state index < -0.39 is 11.7 Å². The molecule has 2 amide bonds. The van der Waals surface area contributed by atoms with E-state index in [0.717, 1.165) is 71.0 Å². The average Bonchev–Trinajstić information content (AvgIpc) is 3.25. The lowest BCUT2D eigenvalue weighted by Crippen LogP contribution is -2.57. The zero-order valence-electron chi connectivity index (χ0n) is 20.5. The summed E-state index contributed by atoms with van der Waals surface area (Å²) in [4.78, 5) is 35.7. The number of hydrogen-bond acceptors (Lipinski definition) is 5. The van der Waals surface area contributed by atoms with Crippen molar-refractivity contribution < 1.29 is 14.3 Å². The quantitative estimate of drug-likeness (QED) is 0.213. The van der Waals surface area contributed by atoms with Gasteiger partial charge in [-0.25, -0.2) is 4.79 Å². The van der Waals surface area contributed by atoms with Crippen LogP contribution in [0.25, 0.3) is 0 Å². The first-order chi connectivity index (χ1) is 14.7. The van der Waals surface area contributed by atoms with Gasteiger partial charge in [0.05, 0.1) is 6.04 Å². The second-order valence-electron chi connectivity index (χ2n) is 9.25. The summed E-state index contributed by atoms with van der Waals surface area (Å²) in [5.74, 6) is 1.17. The van der Waals surface area contributed by atoms with E-state index in [4.69, 9.17) is 9.73 Å². The number of aliphatic imine (C=N–C) groups is 1. The number of carbonyl (C=O) groups excluding carboxylic acids is 2. The molecule has 0 aliphatic carbocycles. The smallest absolute Gasteiger partial charge is 0.407 e. The number of rotatable bonds is 7. The van der Waals surface area contributed by atoms with Crippen LogP contribution < -0.4 is 10.6 Å². The second-order valence-corrected chi connectivity index (χ2v) is 9.25. The third-order valence-corrected chi connectivity index (χ3v) is 5.54. The highest BCUT2D eigenvalue weighted by Gasteiger charge is 2.30. The minimum absolute atomic E-state index is 0. The lowest BCUT2D eigenvalue weighted by Gasteiger charge is -2.39. The lowest BCUT2D eigenvalue weighted by molar-refractivity contribution is -0.135. The molecule has 1 atom stereocenters. The number of ether oxygens (including phenoxy) is 1. The summed E-state index contributed by atoms with van der Waals surface area (Å²) in [6, 6.07) is -0.0568. The average molecular weight is 567 g/mol. The number of hydrogen-bond donors (Lipinski definition) is 2. The Morgan fingerprint density at radius 2 is 1.62 bits per heavy atom. The van der Waals surface area contributed by atoms with Gasteiger partial charge in [0.15, 0.2) is 5.96 Å². The Labute approximate surface area is 210 Å². The summed E-state index contributed by atoms with van der Waals surface area (Å²) in [7, 11) is 0. The van der Waals surface area contributed by atoms with E-state index in [2.05, 4.69) is 27.4 Å². The molecule has 1 unspecified atom stereocenters. The van der Waals surface area contributed by atoms with Crippen LogP contribution in [0.4, 0.5) is 4.79 Å². The third kappa shape index (κ3) is 9.68. The topological polar surface area (TPSA) is 89.5 Å². The van der Waals surface area contributed by atoms with Crippen molar-refractivity contribution in [3.05, 3.63) is 0 Å². The first-order valence-electron chi connectivity index (χ1n) is 11.7. The molecule has 0 saturated carbocycles. The van der Waals surface area contributed by atoms with Crippen LogP contribution >= 0.6 is 24.0 Å². The summed E-state index contributed by atoms with van der Waals surface area (Å²) >= 11 is 0. The molecular formula is C22H43IN6O3. The van der Waals surface area contributed by atoms with Crippen LogP contribution in [0.3, 0.4) is 0 Å². The largest absolute Gasteiger partial charge is 0.444 e. The van der Waals surface area contributed by atoms with Gasteiger partial charge >= 0.3 is 6.09 Å². The van der Waals surface area contributed by atoms with Crippen LogP contribution in [0.15, 0.2) is 4.99 Å². The van der Waals surface area contributed by atoms with E-state index in [1.54, 1.807) is 0 Å². The Bertz CT molecular complexity index is 611. The highest BCUT2D eigenvalue weighted by Crippen LogP contribution is 2.14. The first kappa shape index (κ1) is 28.7. The van der Waals surface area contributed by atoms with Gasteiger partial charge in [-0.2, -0.15) is 0 Å². The van der Waals surface area contributed by atoms with Crippen molar-refractivity contribution in [1.82, 2.24) is 25.3 Å². The number of guanidine groups is 1. The monoisotopic (exact) mass is 566 g/mol. The maximum Gasteiger partial charge on any atom is 0.407 e.